The number of thiophene rings is 1. The van der Waals surface area contributed by atoms with Crippen LogP contribution in [0, 0.1) is 0 Å². The average molecular weight is 347 g/mol. The van der Waals surface area contributed by atoms with Gasteiger partial charge < -0.3 is 4.90 Å². The number of benzene rings is 1. The Labute approximate surface area is 152 Å². The number of fused-ring (bicyclic) bond motifs is 3. The van der Waals surface area contributed by atoms with Crippen LogP contribution in [0.1, 0.15) is 41.1 Å². The van der Waals surface area contributed by atoms with Crippen molar-refractivity contribution in [3.63, 3.8) is 0 Å². The summed E-state index contributed by atoms with van der Waals surface area (Å²) in [7, 11) is 0. The summed E-state index contributed by atoms with van der Waals surface area (Å²) in [5.74, 6) is 2.00. The summed E-state index contributed by atoms with van der Waals surface area (Å²) in [4.78, 5) is 15.0. The number of anilines is 1. The molecule has 1 aliphatic carbocycles. The predicted octanol–water partition coefficient (Wildman–Crippen LogP) is 4.95. The minimum Gasteiger partial charge on any atom is -0.356 e. The SMILES string of the molecule is C(=C\c1nc(N2CCC2)c2c3c(sc2n1)CCCC3)/c1ccccc1. The molecule has 25 heavy (non-hydrogen) atoms. The lowest BCUT2D eigenvalue weighted by atomic mass is 9.96. The Kier molecular flexibility index (Phi) is 3.78. The summed E-state index contributed by atoms with van der Waals surface area (Å²) in [6, 6.07) is 10.4. The van der Waals surface area contributed by atoms with Gasteiger partial charge in [-0.1, -0.05) is 36.4 Å². The standard InChI is InChI=1S/C21H21N3S/c1-2-7-15(8-3-1)11-12-18-22-20(24-13-6-14-24)19-16-9-4-5-10-17(16)25-21(19)23-18/h1-3,7-8,11-12H,4-6,9-10,13-14H2/b12-11+. The second kappa shape index (κ2) is 6.26. The minimum absolute atomic E-state index is 0.830. The molecule has 0 saturated carbocycles. The number of rotatable bonds is 3. The first-order chi connectivity index (χ1) is 12.4. The van der Waals surface area contributed by atoms with Crippen molar-refractivity contribution in [2.45, 2.75) is 32.1 Å². The van der Waals surface area contributed by atoms with Gasteiger partial charge in [0, 0.05) is 18.0 Å². The van der Waals surface area contributed by atoms with Crippen LogP contribution < -0.4 is 4.90 Å². The molecule has 0 N–H and O–H groups in total. The second-order valence-electron chi connectivity index (χ2n) is 6.88. The number of aryl methyl sites for hydroxylation is 2. The molecule has 4 heteroatoms. The zero-order valence-electron chi connectivity index (χ0n) is 14.2. The van der Waals surface area contributed by atoms with Gasteiger partial charge in [0.05, 0.1) is 5.39 Å². The van der Waals surface area contributed by atoms with Crippen molar-refractivity contribution in [1.82, 2.24) is 9.97 Å². The van der Waals surface area contributed by atoms with E-state index in [4.69, 9.17) is 9.97 Å². The lowest BCUT2D eigenvalue weighted by Gasteiger charge is -2.33. The van der Waals surface area contributed by atoms with E-state index in [1.54, 1.807) is 4.88 Å². The molecule has 3 aromatic rings. The van der Waals surface area contributed by atoms with Crippen LogP contribution >= 0.6 is 11.3 Å². The van der Waals surface area contributed by atoms with Crippen molar-refractivity contribution < 1.29 is 0 Å². The molecule has 1 saturated heterocycles. The first-order valence-corrected chi connectivity index (χ1v) is 10.0. The molecule has 0 atom stereocenters. The molecule has 1 aliphatic heterocycles. The van der Waals surface area contributed by atoms with E-state index < -0.39 is 0 Å². The van der Waals surface area contributed by atoms with Gasteiger partial charge in [-0.2, -0.15) is 0 Å². The topological polar surface area (TPSA) is 29.0 Å². The smallest absolute Gasteiger partial charge is 0.155 e. The molecule has 2 aromatic heterocycles. The van der Waals surface area contributed by atoms with Crippen LogP contribution in [-0.2, 0) is 12.8 Å². The first-order valence-electron chi connectivity index (χ1n) is 9.19. The molecule has 0 bridgehead atoms. The quantitative estimate of drug-likeness (QED) is 0.671. The van der Waals surface area contributed by atoms with E-state index in [9.17, 15) is 0 Å². The van der Waals surface area contributed by atoms with Gasteiger partial charge >= 0.3 is 0 Å². The molecule has 3 heterocycles. The van der Waals surface area contributed by atoms with E-state index in [-0.39, 0.29) is 0 Å². The van der Waals surface area contributed by atoms with Gasteiger partial charge in [0.1, 0.15) is 10.6 Å². The number of hydrogen-bond donors (Lipinski definition) is 0. The summed E-state index contributed by atoms with van der Waals surface area (Å²) >= 11 is 1.89. The Bertz CT molecular complexity index is 939. The number of aromatic nitrogens is 2. The van der Waals surface area contributed by atoms with Crippen molar-refractivity contribution in [3.8, 4) is 0 Å². The molecule has 0 unspecified atom stereocenters. The highest BCUT2D eigenvalue weighted by molar-refractivity contribution is 7.19. The predicted molar refractivity (Wildman–Crippen MR) is 106 cm³/mol. The summed E-state index contributed by atoms with van der Waals surface area (Å²) in [5, 5.41) is 1.34. The Morgan fingerprint density at radius 3 is 2.56 bits per heavy atom. The normalized spacial score (nSPS) is 17.0. The van der Waals surface area contributed by atoms with E-state index in [1.165, 1.54) is 59.3 Å². The van der Waals surface area contributed by atoms with Gasteiger partial charge in [-0.3, -0.25) is 0 Å². The van der Waals surface area contributed by atoms with Crippen LogP contribution in [-0.4, -0.2) is 23.1 Å². The highest BCUT2D eigenvalue weighted by Gasteiger charge is 2.25. The summed E-state index contributed by atoms with van der Waals surface area (Å²) < 4.78 is 0. The molecule has 0 spiro atoms. The Balaban J connectivity index is 1.62. The van der Waals surface area contributed by atoms with Crippen molar-refractivity contribution in [1.29, 1.82) is 0 Å². The second-order valence-corrected chi connectivity index (χ2v) is 7.96. The van der Waals surface area contributed by atoms with Crippen LogP contribution in [0.4, 0.5) is 5.82 Å². The molecule has 3 nitrogen and oxygen atoms in total. The van der Waals surface area contributed by atoms with E-state index in [0.29, 0.717) is 0 Å². The third-order valence-corrected chi connectivity index (χ3v) is 6.38. The maximum absolute atomic E-state index is 4.95. The van der Waals surface area contributed by atoms with Gasteiger partial charge in [0.2, 0.25) is 0 Å². The Morgan fingerprint density at radius 1 is 0.920 bits per heavy atom. The third-order valence-electron chi connectivity index (χ3n) is 5.19. The molecule has 0 radical (unpaired) electrons. The zero-order valence-corrected chi connectivity index (χ0v) is 15.1. The fourth-order valence-electron chi connectivity index (χ4n) is 3.72. The fourth-order valence-corrected chi connectivity index (χ4v) is 4.98. The van der Waals surface area contributed by atoms with E-state index in [2.05, 4.69) is 41.3 Å². The Morgan fingerprint density at radius 2 is 1.76 bits per heavy atom. The molecule has 1 aromatic carbocycles. The van der Waals surface area contributed by atoms with E-state index in [1.807, 2.05) is 17.4 Å². The van der Waals surface area contributed by atoms with Crippen molar-refractivity contribution in [3.05, 3.63) is 52.2 Å². The molecular weight excluding hydrogens is 326 g/mol. The van der Waals surface area contributed by atoms with Gasteiger partial charge in [0.15, 0.2) is 5.82 Å². The van der Waals surface area contributed by atoms with Crippen molar-refractivity contribution in [2.75, 3.05) is 18.0 Å². The lowest BCUT2D eigenvalue weighted by molar-refractivity contribution is 0.611. The highest BCUT2D eigenvalue weighted by Crippen LogP contribution is 2.40. The van der Waals surface area contributed by atoms with Crippen LogP contribution in [0.25, 0.3) is 22.4 Å². The molecular formula is C21H21N3S. The van der Waals surface area contributed by atoms with Gasteiger partial charge in [-0.05, 0) is 49.3 Å². The Hall–Kier alpha value is -2.20. The summed E-state index contributed by atoms with van der Waals surface area (Å²) in [6.07, 6.45) is 10.4. The molecule has 5 rings (SSSR count). The largest absolute Gasteiger partial charge is 0.356 e. The monoisotopic (exact) mass is 347 g/mol. The number of hydrogen-bond acceptors (Lipinski definition) is 4. The molecule has 0 amide bonds. The average Bonchev–Trinajstić information content (AvgIpc) is 2.98. The van der Waals surface area contributed by atoms with Crippen LogP contribution in [0.15, 0.2) is 30.3 Å². The first kappa shape index (κ1) is 15.1. The van der Waals surface area contributed by atoms with Crippen LogP contribution in [0.2, 0.25) is 0 Å². The van der Waals surface area contributed by atoms with Crippen molar-refractivity contribution in [2.24, 2.45) is 0 Å². The minimum atomic E-state index is 0.830. The maximum Gasteiger partial charge on any atom is 0.155 e. The van der Waals surface area contributed by atoms with Gasteiger partial charge in [-0.15, -0.1) is 11.3 Å². The van der Waals surface area contributed by atoms with Crippen molar-refractivity contribution >= 4 is 39.5 Å². The highest BCUT2D eigenvalue weighted by atomic mass is 32.1. The third kappa shape index (κ3) is 2.74. The van der Waals surface area contributed by atoms with E-state index in [0.717, 1.165) is 18.9 Å². The molecule has 2 aliphatic rings. The number of nitrogens with zero attached hydrogens (tertiary/aromatic N) is 3. The molecule has 126 valence electrons. The van der Waals surface area contributed by atoms with Gasteiger partial charge in [0.25, 0.3) is 0 Å². The van der Waals surface area contributed by atoms with Gasteiger partial charge in [-0.25, -0.2) is 9.97 Å². The van der Waals surface area contributed by atoms with Crippen LogP contribution in [0.5, 0.6) is 0 Å². The fraction of sp³-hybridized carbons (Fsp3) is 0.333. The maximum atomic E-state index is 4.95. The van der Waals surface area contributed by atoms with E-state index >= 15 is 0 Å². The summed E-state index contributed by atoms with van der Waals surface area (Å²) in [5.41, 5.74) is 2.72. The zero-order chi connectivity index (χ0) is 16.6. The molecule has 1 fully saturated rings. The lowest BCUT2D eigenvalue weighted by Crippen LogP contribution is -2.38. The summed E-state index contributed by atoms with van der Waals surface area (Å²) in [6.45, 7) is 2.25. The van der Waals surface area contributed by atoms with Crippen LogP contribution in [0.3, 0.4) is 0 Å².